The predicted molar refractivity (Wildman–Crippen MR) is 104 cm³/mol. The van der Waals surface area contributed by atoms with Gasteiger partial charge in [0, 0.05) is 45.1 Å². The van der Waals surface area contributed by atoms with Crippen molar-refractivity contribution in [1.29, 1.82) is 0 Å². The summed E-state index contributed by atoms with van der Waals surface area (Å²) in [6.07, 6.45) is 4.02. The van der Waals surface area contributed by atoms with Gasteiger partial charge in [-0.05, 0) is 25.8 Å². The Labute approximate surface area is 157 Å². The summed E-state index contributed by atoms with van der Waals surface area (Å²) in [5.41, 5.74) is 1.95. The van der Waals surface area contributed by atoms with E-state index in [9.17, 15) is 9.59 Å². The van der Waals surface area contributed by atoms with Crippen LogP contribution < -0.4 is 20.7 Å². The summed E-state index contributed by atoms with van der Waals surface area (Å²) < 4.78 is 5.41. The molecule has 3 rings (SSSR count). The molecule has 9 heteroatoms. The van der Waals surface area contributed by atoms with Crippen LogP contribution >= 0.6 is 0 Å². The molecule has 0 radical (unpaired) electrons. The molecule has 144 valence electrons. The molecule has 0 atom stereocenters. The zero-order chi connectivity index (χ0) is 19.4. The number of aromatic nitrogens is 3. The molecular formula is C18H24N6O3. The van der Waals surface area contributed by atoms with Crippen LogP contribution in [-0.2, 0) is 9.53 Å². The summed E-state index contributed by atoms with van der Waals surface area (Å²) in [7, 11) is 3.77. The van der Waals surface area contributed by atoms with E-state index in [-0.39, 0.29) is 11.6 Å². The lowest BCUT2D eigenvalue weighted by Gasteiger charge is -2.32. The number of aryl methyl sites for hydroxylation is 1. The number of nitrogens with one attached hydrogen (secondary N) is 2. The maximum atomic E-state index is 11.9. The van der Waals surface area contributed by atoms with Crippen molar-refractivity contribution in [2.24, 2.45) is 0 Å². The number of H-pyrrole nitrogens is 1. The van der Waals surface area contributed by atoms with Gasteiger partial charge in [0.15, 0.2) is 5.82 Å². The number of carbonyl (C=O) groups is 1. The van der Waals surface area contributed by atoms with Crippen molar-refractivity contribution >= 4 is 29.6 Å². The van der Waals surface area contributed by atoms with Crippen LogP contribution in [0.3, 0.4) is 0 Å². The van der Waals surface area contributed by atoms with E-state index in [4.69, 9.17) is 4.74 Å². The number of ether oxygens (including phenoxy) is 1. The molecule has 0 aliphatic carbocycles. The molecule has 1 saturated heterocycles. The van der Waals surface area contributed by atoms with Crippen molar-refractivity contribution in [3.63, 3.8) is 0 Å². The summed E-state index contributed by atoms with van der Waals surface area (Å²) in [4.78, 5) is 38.5. The third kappa shape index (κ3) is 4.25. The van der Waals surface area contributed by atoms with Gasteiger partial charge < -0.3 is 19.9 Å². The van der Waals surface area contributed by atoms with Gasteiger partial charge in [0.1, 0.15) is 0 Å². The molecule has 3 heterocycles. The van der Waals surface area contributed by atoms with Gasteiger partial charge in [-0.1, -0.05) is 0 Å². The topological polar surface area (TPSA) is 103 Å². The number of nitrogens with zero attached hydrogens (tertiary/aromatic N) is 4. The monoisotopic (exact) mass is 372 g/mol. The highest BCUT2D eigenvalue weighted by Crippen LogP contribution is 2.30. The average molecular weight is 372 g/mol. The highest BCUT2D eigenvalue weighted by Gasteiger charge is 2.26. The average Bonchev–Trinajstić information content (AvgIpc) is 2.65. The number of hydrogen-bond donors (Lipinski definition) is 2. The van der Waals surface area contributed by atoms with E-state index in [1.807, 2.05) is 19.0 Å². The minimum Gasteiger partial charge on any atom is -0.381 e. The van der Waals surface area contributed by atoms with Gasteiger partial charge in [0.2, 0.25) is 17.9 Å². The van der Waals surface area contributed by atoms with E-state index in [0.29, 0.717) is 36.4 Å². The summed E-state index contributed by atoms with van der Waals surface area (Å²) in [5.74, 6) is 0.895. The van der Waals surface area contributed by atoms with Crippen molar-refractivity contribution in [2.75, 3.05) is 42.4 Å². The Morgan fingerprint density at radius 1 is 1.30 bits per heavy atom. The summed E-state index contributed by atoms with van der Waals surface area (Å²) in [6.45, 7) is 3.04. The van der Waals surface area contributed by atoms with Gasteiger partial charge in [-0.2, -0.15) is 4.98 Å². The lowest BCUT2D eigenvalue weighted by atomic mass is 10.1. The molecule has 0 saturated carbocycles. The minimum atomic E-state index is -0.172. The largest absolute Gasteiger partial charge is 0.381 e. The zero-order valence-corrected chi connectivity index (χ0v) is 15.7. The molecule has 2 aromatic heterocycles. The molecule has 2 aromatic rings. The molecular weight excluding hydrogens is 348 g/mol. The SMILES string of the molecule is Cc1[nH]c(=O)ccc1Nc1ncc(N(C)C)c(N(C=O)C2CCOCC2)n1. The van der Waals surface area contributed by atoms with Crippen molar-refractivity contribution in [1.82, 2.24) is 15.0 Å². The fraction of sp³-hybridized carbons (Fsp3) is 0.444. The van der Waals surface area contributed by atoms with Crippen molar-refractivity contribution in [2.45, 2.75) is 25.8 Å². The maximum absolute atomic E-state index is 11.9. The molecule has 0 bridgehead atoms. The Kier molecular flexibility index (Phi) is 5.70. The maximum Gasteiger partial charge on any atom is 0.248 e. The van der Waals surface area contributed by atoms with Crippen LogP contribution in [-0.4, -0.2) is 54.7 Å². The molecule has 0 spiro atoms. The number of anilines is 4. The molecule has 0 unspecified atom stereocenters. The van der Waals surface area contributed by atoms with Crippen molar-refractivity contribution in [3.05, 3.63) is 34.4 Å². The van der Waals surface area contributed by atoms with Crippen LogP contribution in [0.4, 0.5) is 23.1 Å². The van der Waals surface area contributed by atoms with Gasteiger partial charge >= 0.3 is 0 Å². The predicted octanol–water partition coefficient (Wildman–Crippen LogP) is 1.42. The Hall–Kier alpha value is -2.94. The highest BCUT2D eigenvalue weighted by atomic mass is 16.5. The number of hydrogen-bond acceptors (Lipinski definition) is 7. The van der Waals surface area contributed by atoms with E-state index >= 15 is 0 Å². The number of carbonyl (C=O) groups excluding carboxylic acids is 1. The van der Waals surface area contributed by atoms with Gasteiger partial charge in [-0.15, -0.1) is 0 Å². The first kappa shape index (κ1) is 18.8. The van der Waals surface area contributed by atoms with E-state index in [0.717, 1.165) is 24.9 Å². The number of amides is 1. The first-order chi connectivity index (χ1) is 13.0. The van der Waals surface area contributed by atoms with Crippen LogP contribution in [0, 0.1) is 6.92 Å². The Balaban J connectivity index is 1.96. The van der Waals surface area contributed by atoms with Gasteiger partial charge in [-0.25, -0.2) is 4.98 Å². The second-order valence-electron chi connectivity index (χ2n) is 6.64. The van der Waals surface area contributed by atoms with Crippen LogP contribution in [0.25, 0.3) is 0 Å². The van der Waals surface area contributed by atoms with Crippen molar-refractivity contribution in [3.8, 4) is 0 Å². The normalized spacial score (nSPS) is 14.6. The fourth-order valence-electron chi connectivity index (χ4n) is 3.04. The standard InChI is InChI=1S/C18H24N6O3/c1-12-14(4-5-16(26)20-12)21-18-19-10-15(23(2)3)17(22-18)24(11-25)13-6-8-27-9-7-13/h4-5,10-11,13H,6-9H2,1-3H3,(H,20,26)(H,19,21,22). The number of aromatic amines is 1. The quantitative estimate of drug-likeness (QED) is 0.739. The van der Waals surface area contributed by atoms with E-state index < -0.39 is 0 Å². The third-order valence-electron chi connectivity index (χ3n) is 4.54. The van der Waals surface area contributed by atoms with E-state index in [1.165, 1.54) is 6.07 Å². The zero-order valence-electron chi connectivity index (χ0n) is 15.7. The summed E-state index contributed by atoms with van der Waals surface area (Å²) in [5, 5.41) is 3.11. The minimum absolute atomic E-state index is 0.0347. The first-order valence-electron chi connectivity index (χ1n) is 8.82. The summed E-state index contributed by atoms with van der Waals surface area (Å²) in [6, 6.07) is 3.14. The molecule has 1 amide bonds. The smallest absolute Gasteiger partial charge is 0.248 e. The van der Waals surface area contributed by atoms with Gasteiger partial charge in [-0.3, -0.25) is 14.5 Å². The van der Waals surface area contributed by atoms with Crippen LogP contribution in [0.5, 0.6) is 0 Å². The van der Waals surface area contributed by atoms with Gasteiger partial charge in [0.05, 0.1) is 17.6 Å². The molecule has 2 N–H and O–H groups in total. The molecule has 1 aliphatic rings. The molecule has 0 aromatic carbocycles. The molecule has 27 heavy (non-hydrogen) atoms. The Bertz CT molecular complexity index is 860. The lowest BCUT2D eigenvalue weighted by molar-refractivity contribution is -0.108. The van der Waals surface area contributed by atoms with Gasteiger partial charge in [0.25, 0.3) is 0 Å². The first-order valence-corrected chi connectivity index (χ1v) is 8.82. The number of pyridine rings is 1. The highest BCUT2D eigenvalue weighted by molar-refractivity contribution is 5.82. The summed E-state index contributed by atoms with van der Waals surface area (Å²) >= 11 is 0. The Morgan fingerprint density at radius 3 is 2.67 bits per heavy atom. The second kappa shape index (κ2) is 8.17. The third-order valence-corrected chi connectivity index (χ3v) is 4.54. The number of rotatable bonds is 6. The Morgan fingerprint density at radius 2 is 2.04 bits per heavy atom. The fourth-order valence-corrected chi connectivity index (χ4v) is 3.04. The lowest BCUT2D eigenvalue weighted by Crippen LogP contribution is -2.40. The second-order valence-corrected chi connectivity index (χ2v) is 6.64. The molecule has 9 nitrogen and oxygen atoms in total. The van der Waals surface area contributed by atoms with Crippen molar-refractivity contribution < 1.29 is 9.53 Å². The van der Waals surface area contributed by atoms with E-state index in [2.05, 4.69) is 20.3 Å². The van der Waals surface area contributed by atoms with Crippen LogP contribution in [0.2, 0.25) is 0 Å². The molecule has 1 fully saturated rings. The van der Waals surface area contributed by atoms with Crippen LogP contribution in [0.1, 0.15) is 18.5 Å². The molecule has 1 aliphatic heterocycles. The van der Waals surface area contributed by atoms with Crippen LogP contribution in [0.15, 0.2) is 23.1 Å². The van der Waals surface area contributed by atoms with E-state index in [1.54, 1.807) is 24.1 Å².